The molecule has 1 saturated heterocycles. The van der Waals surface area contributed by atoms with Gasteiger partial charge in [-0.25, -0.2) is 4.79 Å². The molecule has 9 heteroatoms. The molecule has 32 heavy (non-hydrogen) atoms. The number of rotatable bonds is 6. The minimum absolute atomic E-state index is 0.140. The van der Waals surface area contributed by atoms with Crippen LogP contribution in [0.25, 0.3) is 11.4 Å². The Labute approximate surface area is 186 Å². The summed E-state index contributed by atoms with van der Waals surface area (Å²) in [6.07, 6.45) is 4.08. The molecular weight excluding hydrogens is 412 g/mol. The van der Waals surface area contributed by atoms with E-state index in [1.165, 1.54) is 10.5 Å². The van der Waals surface area contributed by atoms with Gasteiger partial charge in [-0.15, -0.1) is 0 Å². The fourth-order valence-electron chi connectivity index (χ4n) is 4.44. The van der Waals surface area contributed by atoms with Gasteiger partial charge in [-0.3, -0.25) is 14.5 Å². The van der Waals surface area contributed by atoms with Gasteiger partial charge < -0.3 is 14.2 Å². The van der Waals surface area contributed by atoms with E-state index in [-0.39, 0.29) is 18.4 Å². The van der Waals surface area contributed by atoms with Crippen LogP contribution in [0, 0.1) is 0 Å². The summed E-state index contributed by atoms with van der Waals surface area (Å²) < 4.78 is 10.4. The summed E-state index contributed by atoms with van der Waals surface area (Å²) in [7, 11) is 1.63. The van der Waals surface area contributed by atoms with Crippen LogP contribution in [-0.4, -0.2) is 57.0 Å². The van der Waals surface area contributed by atoms with Crippen LogP contribution in [0.2, 0.25) is 0 Å². The number of ether oxygens (including phenoxy) is 1. The maximum Gasteiger partial charge on any atom is 0.327 e. The molecule has 9 nitrogen and oxygen atoms in total. The number of carbonyl (C=O) groups excluding carboxylic acids is 3. The number of amides is 3. The molecule has 2 heterocycles. The molecule has 0 unspecified atom stereocenters. The Hall–Kier alpha value is -3.23. The highest BCUT2D eigenvalue weighted by Crippen LogP contribution is 2.39. The van der Waals surface area contributed by atoms with E-state index in [0.29, 0.717) is 24.6 Å². The van der Waals surface area contributed by atoms with Crippen molar-refractivity contribution in [3.63, 3.8) is 0 Å². The molecule has 0 bridgehead atoms. The summed E-state index contributed by atoms with van der Waals surface area (Å²) in [4.78, 5) is 44.6. The van der Waals surface area contributed by atoms with Crippen molar-refractivity contribution < 1.29 is 23.6 Å². The number of likely N-dealkylation sites (N-methyl/N-ethyl adjacent to an activating group) is 1. The number of esters is 1. The zero-order valence-electron chi connectivity index (χ0n) is 18.7. The normalized spacial score (nSPS) is 18.1. The maximum atomic E-state index is 13.0. The third-order valence-corrected chi connectivity index (χ3v) is 6.43. The highest BCUT2D eigenvalue weighted by Gasteiger charge is 2.55. The highest BCUT2D eigenvalue weighted by molar-refractivity contribution is 6.08. The summed E-state index contributed by atoms with van der Waals surface area (Å²) >= 11 is 0. The topological polar surface area (TPSA) is 106 Å². The van der Waals surface area contributed by atoms with Crippen LogP contribution in [0.4, 0.5) is 4.79 Å². The highest BCUT2D eigenvalue weighted by atomic mass is 16.6. The molecule has 1 aliphatic carbocycles. The predicted octanol–water partition coefficient (Wildman–Crippen LogP) is 3.50. The molecule has 1 aliphatic heterocycles. The minimum Gasteiger partial charge on any atom is -0.454 e. The largest absolute Gasteiger partial charge is 0.454 e. The first-order chi connectivity index (χ1) is 15.3. The zero-order valence-corrected chi connectivity index (χ0v) is 18.7. The first-order valence-corrected chi connectivity index (χ1v) is 11.0. The molecule has 2 fully saturated rings. The Bertz CT molecular complexity index is 1010. The van der Waals surface area contributed by atoms with Gasteiger partial charge >= 0.3 is 12.0 Å². The molecule has 0 atom stereocenters. The van der Waals surface area contributed by atoms with Gasteiger partial charge in [0.05, 0.1) is 0 Å². The molecule has 2 aliphatic rings. The third-order valence-electron chi connectivity index (χ3n) is 6.43. The summed E-state index contributed by atoms with van der Waals surface area (Å²) in [5.74, 6) is -0.0506. The van der Waals surface area contributed by atoms with Crippen molar-refractivity contribution >= 4 is 17.9 Å². The minimum atomic E-state index is -0.817. The van der Waals surface area contributed by atoms with E-state index in [1.54, 1.807) is 7.05 Å². The molecule has 170 valence electrons. The van der Waals surface area contributed by atoms with Gasteiger partial charge in [0.25, 0.3) is 11.8 Å². The molecule has 1 spiro atoms. The van der Waals surface area contributed by atoms with E-state index >= 15 is 0 Å². The first-order valence-electron chi connectivity index (χ1n) is 11.0. The van der Waals surface area contributed by atoms with Crippen molar-refractivity contribution in [2.75, 3.05) is 13.6 Å². The average Bonchev–Trinajstić information content (AvgIpc) is 3.34. The van der Waals surface area contributed by atoms with Gasteiger partial charge in [0, 0.05) is 12.6 Å². The Morgan fingerprint density at radius 2 is 1.84 bits per heavy atom. The van der Waals surface area contributed by atoms with Crippen LogP contribution in [0.1, 0.15) is 63.3 Å². The number of carbonyl (C=O) groups is 3. The van der Waals surface area contributed by atoms with Gasteiger partial charge in [-0.2, -0.15) is 4.98 Å². The van der Waals surface area contributed by atoms with Gasteiger partial charge in [0.1, 0.15) is 12.1 Å². The quantitative estimate of drug-likeness (QED) is 0.500. The summed E-state index contributed by atoms with van der Waals surface area (Å²) in [5, 5.41) is 3.93. The number of hydrogen-bond donors (Lipinski definition) is 0. The third kappa shape index (κ3) is 3.99. The second-order valence-electron chi connectivity index (χ2n) is 8.77. The van der Waals surface area contributed by atoms with Gasteiger partial charge in [-0.1, -0.05) is 62.5 Å². The monoisotopic (exact) mass is 440 g/mol. The van der Waals surface area contributed by atoms with Crippen LogP contribution in [0.5, 0.6) is 0 Å². The van der Waals surface area contributed by atoms with Crippen molar-refractivity contribution in [2.24, 2.45) is 0 Å². The second kappa shape index (κ2) is 8.72. The first kappa shape index (κ1) is 22.0. The molecule has 1 aromatic heterocycles. The van der Waals surface area contributed by atoms with Crippen molar-refractivity contribution in [1.82, 2.24) is 19.9 Å². The van der Waals surface area contributed by atoms with Crippen molar-refractivity contribution in [3.8, 4) is 11.4 Å². The average molecular weight is 441 g/mol. The molecule has 0 radical (unpaired) electrons. The fraction of sp³-hybridized carbons (Fsp3) is 0.522. The van der Waals surface area contributed by atoms with Crippen LogP contribution in [0.3, 0.4) is 0 Å². The molecule has 1 saturated carbocycles. The van der Waals surface area contributed by atoms with Crippen molar-refractivity contribution in [3.05, 3.63) is 35.7 Å². The van der Waals surface area contributed by atoms with Crippen molar-refractivity contribution in [2.45, 2.75) is 64.0 Å². The van der Waals surface area contributed by atoms with Crippen LogP contribution >= 0.6 is 0 Å². The summed E-state index contributed by atoms with van der Waals surface area (Å²) in [6.45, 7) is 3.58. The maximum absolute atomic E-state index is 13.0. The Kier molecular flexibility index (Phi) is 5.99. The van der Waals surface area contributed by atoms with Crippen molar-refractivity contribution in [1.29, 1.82) is 0 Å². The molecule has 1 aromatic carbocycles. The number of hydrogen-bond acceptors (Lipinski definition) is 7. The zero-order chi connectivity index (χ0) is 22.9. The summed E-state index contributed by atoms with van der Waals surface area (Å²) in [5.41, 5.74) is 1.19. The summed E-state index contributed by atoms with van der Waals surface area (Å²) in [6, 6.07) is 7.39. The van der Waals surface area contributed by atoms with E-state index < -0.39 is 24.1 Å². The number of benzene rings is 1. The van der Waals surface area contributed by atoms with Crippen LogP contribution in [0.15, 0.2) is 28.8 Å². The molecular formula is C23H28N4O5. The lowest BCUT2D eigenvalue weighted by Gasteiger charge is -2.35. The molecule has 3 amide bonds. The van der Waals surface area contributed by atoms with E-state index in [2.05, 4.69) is 24.0 Å². The number of urea groups is 1. The van der Waals surface area contributed by atoms with E-state index in [4.69, 9.17) is 9.26 Å². The number of imide groups is 1. The lowest BCUT2D eigenvalue weighted by atomic mass is 9.81. The second-order valence-corrected chi connectivity index (χ2v) is 8.77. The van der Waals surface area contributed by atoms with Gasteiger partial charge in [0.2, 0.25) is 5.82 Å². The number of aromatic nitrogens is 2. The SMILES string of the molecule is CC(C)c1ccc(-c2noc(COC(=O)CN3C(=O)N(C)C4(CCCCC4)C3=O)n2)cc1. The Morgan fingerprint density at radius 1 is 1.16 bits per heavy atom. The molecule has 0 N–H and O–H groups in total. The standard InChI is InChI=1S/C23H28N4O5/c1-15(2)16-7-9-17(10-8-16)20-24-18(32-25-20)14-31-19(28)13-27-21(29)23(26(3)22(27)30)11-5-4-6-12-23/h7-10,15H,4-6,11-14H2,1-3H3. The van der Waals surface area contributed by atoms with Crippen LogP contribution < -0.4 is 0 Å². The smallest absolute Gasteiger partial charge is 0.327 e. The van der Waals surface area contributed by atoms with Gasteiger partial charge in [-0.05, 0) is 24.3 Å². The van der Waals surface area contributed by atoms with Crippen LogP contribution in [-0.2, 0) is 20.9 Å². The van der Waals surface area contributed by atoms with E-state index in [1.807, 2.05) is 24.3 Å². The fourth-order valence-corrected chi connectivity index (χ4v) is 4.44. The number of nitrogens with zero attached hydrogens (tertiary/aromatic N) is 4. The van der Waals surface area contributed by atoms with E-state index in [9.17, 15) is 14.4 Å². The van der Waals surface area contributed by atoms with E-state index in [0.717, 1.165) is 29.7 Å². The Balaban J connectivity index is 1.34. The lowest BCUT2D eigenvalue weighted by Crippen LogP contribution is -2.49. The molecule has 2 aromatic rings. The predicted molar refractivity (Wildman–Crippen MR) is 114 cm³/mol. The molecule has 4 rings (SSSR count). The van der Waals surface area contributed by atoms with Gasteiger partial charge in [0.15, 0.2) is 6.61 Å². The lowest BCUT2D eigenvalue weighted by molar-refractivity contribution is -0.149. The Morgan fingerprint density at radius 3 is 2.50 bits per heavy atom.